The van der Waals surface area contributed by atoms with Crippen LogP contribution in [0.3, 0.4) is 0 Å². The van der Waals surface area contributed by atoms with E-state index in [-0.39, 0.29) is 18.2 Å². The number of rotatable bonds is 3. The second-order valence-corrected chi connectivity index (χ2v) is 8.00. The quantitative estimate of drug-likeness (QED) is 0.854. The van der Waals surface area contributed by atoms with Crippen molar-refractivity contribution in [3.63, 3.8) is 0 Å². The Morgan fingerprint density at radius 3 is 2.33 bits per heavy atom. The van der Waals surface area contributed by atoms with Crippen molar-refractivity contribution in [2.75, 3.05) is 36.1 Å². The van der Waals surface area contributed by atoms with E-state index in [1.807, 2.05) is 36.1 Å². The van der Waals surface area contributed by atoms with Gasteiger partial charge in [0.2, 0.25) is 5.91 Å². The molecule has 0 aliphatic carbocycles. The third-order valence-corrected chi connectivity index (χ3v) is 5.97. The van der Waals surface area contributed by atoms with Crippen molar-refractivity contribution in [3.05, 3.63) is 70.9 Å². The second-order valence-electron chi connectivity index (χ2n) is 8.00. The Labute approximate surface area is 177 Å². The minimum absolute atomic E-state index is 0.0553. The van der Waals surface area contributed by atoms with Gasteiger partial charge in [-0.15, -0.1) is 0 Å². The highest BCUT2D eigenvalue weighted by molar-refractivity contribution is 6.01. The molecule has 2 amide bonds. The molecule has 1 fully saturated rings. The zero-order valence-electron chi connectivity index (χ0n) is 17.8. The van der Waals surface area contributed by atoms with Crippen LogP contribution in [0.25, 0.3) is 0 Å². The number of hydrogen-bond acceptors (Lipinski definition) is 4. The molecule has 0 atom stereocenters. The minimum Gasteiger partial charge on any atom is -0.368 e. The van der Waals surface area contributed by atoms with Gasteiger partial charge < -0.3 is 9.80 Å². The van der Waals surface area contributed by atoms with Crippen LogP contribution in [0, 0.1) is 20.8 Å². The molecule has 2 aliphatic rings. The van der Waals surface area contributed by atoms with E-state index in [1.165, 1.54) is 21.8 Å². The molecule has 0 aromatic heterocycles. The lowest BCUT2D eigenvalue weighted by atomic mass is 10.1. The Morgan fingerprint density at radius 2 is 1.63 bits per heavy atom. The first kappa shape index (κ1) is 20.0. The largest absolute Gasteiger partial charge is 0.368 e. The predicted molar refractivity (Wildman–Crippen MR) is 119 cm³/mol. The van der Waals surface area contributed by atoms with E-state index < -0.39 is 0 Å². The Kier molecular flexibility index (Phi) is 5.48. The summed E-state index contributed by atoms with van der Waals surface area (Å²) in [5.41, 5.74) is 9.18. The van der Waals surface area contributed by atoms with Crippen molar-refractivity contribution in [2.24, 2.45) is 0 Å². The fourth-order valence-corrected chi connectivity index (χ4v) is 3.95. The van der Waals surface area contributed by atoms with E-state index in [0.717, 1.165) is 24.3 Å². The van der Waals surface area contributed by atoms with Gasteiger partial charge in [0.1, 0.15) is 5.70 Å². The molecule has 156 valence electrons. The van der Waals surface area contributed by atoms with E-state index in [2.05, 4.69) is 42.4 Å². The monoisotopic (exact) mass is 404 g/mol. The Balaban J connectivity index is 1.42. The average Bonchev–Trinajstić information content (AvgIpc) is 2.76. The number of nitrogens with one attached hydrogen (secondary N) is 1. The summed E-state index contributed by atoms with van der Waals surface area (Å²) in [6.07, 6.45) is 1.91. The number of hydrogen-bond donors (Lipinski definition) is 1. The fraction of sp³-hybridized carbons (Fsp3) is 0.333. The first-order valence-corrected chi connectivity index (χ1v) is 10.4. The maximum Gasteiger partial charge on any atom is 0.271 e. The second kappa shape index (κ2) is 8.22. The van der Waals surface area contributed by atoms with Crippen LogP contribution in [0.15, 0.2) is 54.2 Å². The minimum atomic E-state index is -0.0739. The van der Waals surface area contributed by atoms with Gasteiger partial charge >= 0.3 is 0 Å². The van der Waals surface area contributed by atoms with Crippen LogP contribution in [0.5, 0.6) is 0 Å². The molecule has 0 saturated carbocycles. The number of piperazine rings is 1. The van der Waals surface area contributed by atoms with E-state index in [1.54, 1.807) is 6.08 Å². The summed E-state index contributed by atoms with van der Waals surface area (Å²) in [5, 5.41) is 1.47. The number of amides is 2. The zero-order chi connectivity index (χ0) is 21.3. The van der Waals surface area contributed by atoms with E-state index in [4.69, 9.17) is 0 Å². The molecule has 0 unspecified atom stereocenters. The van der Waals surface area contributed by atoms with Crippen molar-refractivity contribution in [2.45, 2.75) is 27.2 Å². The van der Waals surface area contributed by atoms with Crippen LogP contribution in [0.4, 0.5) is 11.4 Å². The van der Waals surface area contributed by atoms with Gasteiger partial charge in [0.25, 0.3) is 5.91 Å². The Bertz CT molecular complexity index is 989. The summed E-state index contributed by atoms with van der Waals surface area (Å²) in [5.74, 6) is -0.129. The maximum absolute atomic E-state index is 13.1. The molecule has 30 heavy (non-hydrogen) atoms. The molecule has 1 saturated heterocycles. The molecule has 0 bridgehead atoms. The maximum atomic E-state index is 13.1. The number of carbonyl (C=O) groups is 2. The SMILES string of the molecule is Cc1ccc(N2NC(C(=O)N3CCN(c4cccc(C)c4C)CC3)=CCC2=O)cc1. The number of benzene rings is 2. The number of aryl methyl sites for hydroxylation is 2. The summed E-state index contributed by atoms with van der Waals surface area (Å²) < 4.78 is 0. The van der Waals surface area contributed by atoms with Gasteiger partial charge in [0.05, 0.1) is 5.69 Å². The van der Waals surface area contributed by atoms with Crippen LogP contribution < -0.4 is 15.3 Å². The molecule has 6 heteroatoms. The van der Waals surface area contributed by atoms with Gasteiger partial charge in [0, 0.05) is 38.3 Å². The lowest BCUT2D eigenvalue weighted by molar-refractivity contribution is -0.128. The van der Waals surface area contributed by atoms with Gasteiger partial charge in [-0.3, -0.25) is 15.0 Å². The number of carbonyl (C=O) groups excluding carboxylic acids is 2. The zero-order valence-corrected chi connectivity index (χ0v) is 17.8. The van der Waals surface area contributed by atoms with Crippen molar-refractivity contribution >= 4 is 23.2 Å². The molecule has 6 nitrogen and oxygen atoms in total. The molecule has 2 aliphatic heterocycles. The predicted octanol–water partition coefficient (Wildman–Crippen LogP) is 3.09. The summed E-state index contributed by atoms with van der Waals surface area (Å²) in [6.45, 7) is 9.18. The summed E-state index contributed by atoms with van der Waals surface area (Å²) in [4.78, 5) is 29.7. The van der Waals surface area contributed by atoms with Gasteiger partial charge in [-0.2, -0.15) is 0 Å². The van der Waals surface area contributed by atoms with Crippen molar-refractivity contribution in [1.82, 2.24) is 10.3 Å². The highest BCUT2D eigenvalue weighted by Gasteiger charge is 2.29. The molecular weight excluding hydrogens is 376 g/mol. The fourth-order valence-electron chi connectivity index (χ4n) is 3.95. The Hall–Kier alpha value is -3.28. The van der Waals surface area contributed by atoms with Crippen LogP contribution >= 0.6 is 0 Å². The van der Waals surface area contributed by atoms with Crippen molar-refractivity contribution < 1.29 is 9.59 Å². The van der Waals surface area contributed by atoms with Gasteiger partial charge in [0.15, 0.2) is 0 Å². The lowest BCUT2D eigenvalue weighted by Crippen LogP contribution is -2.53. The van der Waals surface area contributed by atoms with Crippen molar-refractivity contribution in [1.29, 1.82) is 0 Å². The third kappa shape index (κ3) is 3.90. The van der Waals surface area contributed by atoms with Crippen LogP contribution in [0.2, 0.25) is 0 Å². The molecule has 2 aromatic rings. The molecule has 0 spiro atoms. The topological polar surface area (TPSA) is 55.9 Å². The molecular formula is C24H28N4O2. The van der Waals surface area contributed by atoms with E-state index in [0.29, 0.717) is 18.8 Å². The van der Waals surface area contributed by atoms with E-state index >= 15 is 0 Å². The molecule has 2 aromatic carbocycles. The van der Waals surface area contributed by atoms with Gasteiger partial charge in [-0.25, -0.2) is 5.01 Å². The number of hydrazine groups is 1. The average molecular weight is 405 g/mol. The number of nitrogens with zero attached hydrogens (tertiary/aromatic N) is 3. The van der Waals surface area contributed by atoms with Crippen LogP contribution in [0.1, 0.15) is 23.1 Å². The van der Waals surface area contributed by atoms with Gasteiger partial charge in [-0.1, -0.05) is 29.8 Å². The summed E-state index contributed by atoms with van der Waals surface area (Å²) >= 11 is 0. The Morgan fingerprint density at radius 1 is 0.933 bits per heavy atom. The van der Waals surface area contributed by atoms with Gasteiger partial charge in [-0.05, 0) is 56.2 Å². The van der Waals surface area contributed by atoms with Crippen molar-refractivity contribution in [3.8, 4) is 0 Å². The standard InChI is InChI=1S/C24H28N4O2/c1-17-7-9-20(10-8-17)28-23(29)12-11-21(25-28)24(30)27-15-13-26(14-16-27)22-6-4-5-18(2)19(22)3/h4-11,25H,12-16H2,1-3H3. The normalized spacial score (nSPS) is 17.0. The smallest absolute Gasteiger partial charge is 0.271 e. The summed E-state index contributed by atoms with van der Waals surface area (Å²) in [7, 11) is 0. The van der Waals surface area contributed by atoms with E-state index in [9.17, 15) is 9.59 Å². The first-order valence-electron chi connectivity index (χ1n) is 10.4. The molecule has 1 N–H and O–H groups in total. The van der Waals surface area contributed by atoms with Crippen LogP contribution in [-0.4, -0.2) is 42.9 Å². The lowest BCUT2D eigenvalue weighted by Gasteiger charge is -2.38. The third-order valence-electron chi connectivity index (χ3n) is 5.97. The molecule has 2 heterocycles. The highest BCUT2D eigenvalue weighted by Crippen LogP contribution is 2.24. The van der Waals surface area contributed by atoms with Crippen LogP contribution in [-0.2, 0) is 9.59 Å². The molecule has 4 rings (SSSR count). The molecule has 0 radical (unpaired) electrons. The highest BCUT2D eigenvalue weighted by atomic mass is 16.2. The first-order chi connectivity index (χ1) is 14.4. The number of anilines is 2. The summed E-state index contributed by atoms with van der Waals surface area (Å²) in [6, 6.07) is 14.0.